The van der Waals surface area contributed by atoms with Crippen LogP contribution in [0.2, 0.25) is 36.3 Å². The number of ether oxygens (including phenoxy) is 2. The van der Waals surface area contributed by atoms with Crippen LogP contribution in [0.3, 0.4) is 0 Å². The van der Waals surface area contributed by atoms with Crippen molar-refractivity contribution in [1.82, 2.24) is 4.90 Å². The molecule has 1 saturated heterocycles. The van der Waals surface area contributed by atoms with Gasteiger partial charge in [0, 0.05) is 13.2 Å². The van der Waals surface area contributed by atoms with E-state index in [1.165, 1.54) is 0 Å². The summed E-state index contributed by atoms with van der Waals surface area (Å²) >= 11 is 0. The normalized spacial score (nSPS) is 21.6. The van der Waals surface area contributed by atoms with Crippen LogP contribution in [0, 0.1) is 0 Å². The van der Waals surface area contributed by atoms with Crippen molar-refractivity contribution in [1.29, 1.82) is 0 Å². The van der Waals surface area contributed by atoms with Gasteiger partial charge < -0.3 is 28.3 Å². The Bertz CT molecular complexity index is 1210. The lowest BCUT2D eigenvalue weighted by Gasteiger charge is -2.45. The molecule has 0 aromatic heterocycles. The number of carbonyl (C=O) groups excluding carboxylic acids is 1. The molecular weight excluding hydrogens is 587 g/mol. The number of hydrogen-bond donors (Lipinski definition) is 1. The van der Waals surface area contributed by atoms with Crippen LogP contribution in [-0.2, 0) is 31.5 Å². The van der Waals surface area contributed by atoms with Gasteiger partial charge in [0.05, 0.1) is 13.7 Å². The number of carbonyl (C=O) groups is 1. The first-order valence-corrected chi connectivity index (χ1v) is 21.8. The number of nitrogens with zero attached hydrogens (tertiary/aromatic N) is 1. The maximum atomic E-state index is 14.4. The fourth-order valence-electron chi connectivity index (χ4n) is 4.89. The summed E-state index contributed by atoms with van der Waals surface area (Å²) in [6.07, 6.45) is 0.0821. The zero-order valence-electron chi connectivity index (χ0n) is 29.0. The summed E-state index contributed by atoms with van der Waals surface area (Å²) in [5.41, 5.74) is 0.494. The van der Waals surface area contributed by atoms with Crippen LogP contribution >= 0.6 is 0 Å². The first kappa shape index (κ1) is 36.5. The summed E-state index contributed by atoms with van der Waals surface area (Å²) in [5, 5.41) is 12.5. The minimum Gasteiger partial charge on any atom is -0.497 e. The van der Waals surface area contributed by atoms with Gasteiger partial charge in [-0.15, -0.1) is 0 Å². The molecule has 1 unspecified atom stereocenters. The Morgan fingerprint density at radius 2 is 1.39 bits per heavy atom. The minimum atomic E-state index is -2.43. The summed E-state index contributed by atoms with van der Waals surface area (Å²) in [7, 11) is -3.21. The molecule has 246 valence electrons. The smallest absolute Gasteiger partial charge is 0.255 e. The minimum absolute atomic E-state index is 0.118. The summed E-state index contributed by atoms with van der Waals surface area (Å²) in [4.78, 5) is 16.1. The van der Waals surface area contributed by atoms with Crippen molar-refractivity contribution in [2.45, 2.75) is 128 Å². The van der Waals surface area contributed by atoms with Gasteiger partial charge >= 0.3 is 0 Å². The molecule has 7 nitrogen and oxygen atoms in total. The van der Waals surface area contributed by atoms with Crippen molar-refractivity contribution in [3.8, 4) is 5.75 Å². The van der Waals surface area contributed by atoms with E-state index in [-0.39, 0.29) is 22.5 Å². The summed E-state index contributed by atoms with van der Waals surface area (Å²) in [6.45, 7) is 23.0. The van der Waals surface area contributed by atoms with Crippen LogP contribution in [0.1, 0.15) is 71.9 Å². The van der Waals surface area contributed by atoms with E-state index in [4.69, 9.17) is 18.3 Å². The molecule has 0 aliphatic carbocycles. The van der Waals surface area contributed by atoms with Crippen molar-refractivity contribution in [3.63, 3.8) is 0 Å². The summed E-state index contributed by atoms with van der Waals surface area (Å²) < 4.78 is 25.2. The summed E-state index contributed by atoms with van der Waals surface area (Å²) in [6, 6.07) is 17.8. The highest BCUT2D eigenvalue weighted by molar-refractivity contribution is 6.74. The van der Waals surface area contributed by atoms with Gasteiger partial charge in [0.15, 0.2) is 28.5 Å². The van der Waals surface area contributed by atoms with Crippen LogP contribution in [0.25, 0.3) is 0 Å². The van der Waals surface area contributed by atoms with Crippen molar-refractivity contribution in [3.05, 3.63) is 65.7 Å². The van der Waals surface area contributed by atoms with E-state index in [1.54, 1.807) is 12.0 Å². The highest BCUT2D eigenvalue weighted by atomic mass is 28.4. The molecule has 1 aliphatic rings. The number of aliphatic hydroxyl groups is 1. The first-order chi connectivity index (χ1) is 20.3. The molecule has 0 saturated carbocycles. The molecule has 1 N–H and O–H groups in total. The topological polar surface area (TPSA) is 77.5 Å². The lowest BCUT2D eigenvalue weighted by atomic mass is 9.99. The molecule has 1 fully saturated rings. The second-order valence-electron chi connectivity index (χ2n) is 15.2. The second kappa shape index (κ2) is 14.2. The predicted molar refractivity (Wildman–Crippen MR) is 183 cm³/mol. The van der Waals surface area contributed by atoms with E-state index in [9.17, 15) is 9.90 Å². The Morgan fingerprint density at radius 3 is 1.93 bits per heavy atom. The van der Waals surface area contributed by atoms with Crippen LogP contribution in [0.15, 0.2) is 54.6 Å². The standard InChI is InChI=1S/C35H57NO6Si2/c1-33(2,3)43(8,9)41-30-31(42-44(10,11)34(4,5)6)35(38,23-15-16-24-40-26-28-17-13-12-14-18-28)36(32(30)37)25-27-19-21-29(39-7)22-20-27/h12-14,17-22,30-31,38H,15-16,23-26H2,1-11H3/t30-,31-,35?/m1/s1. The molecule has 1 amide bonds. The Morgan fingerprint density at radius 1 is 0.818 bits per heavy atom. The highest BCUT2D eigenvalue weighted by Gasteiger charge is 2.62. The largest absolute Gasteiger partial charge is 0.497 e. The molecule has 3 atom stereocenters. The van der Waals surface area contributed by atoms with Crippen molar-refractivity contribution in [2.75, 3.05) is 13.7 Å². The third-order valence-corrected chi connectivity index (χ3v) is 18.8. The molecule has 0 radical (unpaired) electrons. The van der Waals surface area contributed by atoms with Gasteiger partial charge in [0.1, 0.15) is 11.9 Å². The number of likely N-dealkylation sites (tertiary alicyclic amines) is 1. The maximum Gasteiger partial charge on any atom is 0.255 e. The average molecular weight is 644 g/mol. The van der Waals surface area contributed by atoms with Crippen LogP contribution in [0.4, 0.5) is 0 Å². The van der Waals surface area contributed by atoms with Gasteiger partial charge in [-0.1, -0.05) is 84.0 Å². The lowest BCUT2D eigenvalue weighted by molar-refractivity contribution is -0.164. The van der Waals surface area contributed by atoms with Gasteiger partial charge in [-0.2, -0.15) is 0 Å². The quantitative estimate of drug-likeness (QED) is 0.167. The first-order valence-electron chi connectivity index (χ1n) is 16.0. The molecule has 2 aromatic carbocycles. The van der Waals surface area contributed by atoms with Crippen LogP contribution in [0.5, 0.6) is 5.75 Å². The van der Waals surface area contributed by atoms with Gasteiger partial charge in [0.2, 0.25) is 0 Å². The molecule has 44 heavy (non-hydrogen) atoms. The van der Waals surface area contributed by atoms with Gasteiger partial charge in [-0.25, -0.2) is 0 Å². The molecule has 1 heterocycles. The highest BCUT2D eigenvalue weighted by Crippen LogP contribution is 2.47. The number of methoxy groups -OCH3 is 1. The molecule has 0 spiro atoms. The number of benzene rings is 2. The fraction of sp³-hybridized carbons (Fsp3) is 0.629. The fourth-order valence-corrected chi connectivity index (χ4v) is 7.40. The van der Waals surface area contributed by atoms with Gasteiger partial charge in [0.25, 0.3) is 5.91 Å². The Hall–Kier alpha value is -2.02. The Kier molecular flexibility index (Phi) is 11.7. The maximum absolute atomic E-state index is 14.4. The van der Waals surface area contributed by atoms with Crippen molar-refractivity contribution in [2.24, 2.45) is 0 Å². The van der Waals surface area contributed by atoms with E-state index < -0.39 is 34.6 Å². The van der Waals surface area contributed by atoms with Crippen LogP contribution < -0.4 is 4.74 Å². The molecule has 2 aromatic rings. The third kappa shape index (κ3) is 8.62. The van der Waals surface area contributed by atoms with E-state index in [0.717, 1.165) is 23.3 Å². The number of rotatable bonds is 14. The number of hydrogen-bond acceptors (Lipinski definition) is 6. The second-order valence-corrected chi connectivity index (χ2v) is 24.8. The number of amides is 1. The summed E-state index contributed by atoms with van der Waals surface area (Å²) in [5.74, 6) is 0.530. The third-order valence-electron chi connectivity index (χ3n) is 9.86. The van der Waals surface area contributed by atoms with Crippen molar-refractivity contribution >= 4 is 22.5 Å². The SMILES string of the molecule is COc1ccc(CN2C(=O)[C@H](O[Si](C)(C)C(C)(C)C)[C@@H](O[Si](C)(C)C(C)(C)C)C2(O)CCCCOCc2ccccc2)cc1. The average Bonchev–Trinajstić information content (AvgIpc) is 3.11. The van der Waals surface area contributed by atoms with E-state index >= 15 is 0 Å². The monoisotopic (exact) mass is 643 g/mol. The van der Waals surface area contributed by atoms with Gasteiger partial charge in [-0.3, -0.25) is 4.79 Å². The van der Waals surface area contributed by atoms with E-state index in [1.807, 2.05) is 42.5 Å². The van der Waals surface area contributed by atoms with Crippen molar-refractivity contribution < 1.29 is 28.2 Å². The van der Waals surface area contributed by atoms with Gasteiger partial charge in [-0.05, 0) is 78.8 Å². The molecule has 0 bridgehead atoms. The Balaban J connectivity index is 1.94. The molecule has 3 rings (SSSR count). The predicted octanol–water partition coefficient (Wildman–Crippen LogP) is 7.89. The zero-order chi connectivity index (χ0) is 33.0. The van der Waals surface area contributed by atoms with E-state index in [0.29, 0.717) is 26.1 Å². The van der Waals surface area contributed by atoms with Crippen LogP contribution in [-0.4, -0.2) is 64.2 Å². The Labute approximate surface area is 268 Å². The molecular formula is C35H57NO6Si2. The molecule has 9 heteroatoms. The lowest BCUT2D eigenvalue weighted by Crippen LogP contribution is -2.58. The molecule has 1 aliphatic heterocycles. The van der Waals surface area contributed by atoms with E-state index in [2.05, 4.69) is 79.9 Å². The number of unbranched alkanes of at least 4 members (excludes halogenated alkanes) is 1. The zero-order valence-corrected chi connectivity index (χ0v) is 31.0.